The van der Waals surface area contributed by atoms with Gasteiger partial charge in [0.15, 0.2) is 5.78 Å². The van der Waals surface area contributed by atoms with E-state index in [9.17, 15) is 14.4 Å². The van der Waals surface area contributed by atoms with Gasteiger partial charge >= 0.3 is 5.97 Å². The van der Waals surface area contributed by atoms with Gasteiger partial charge in [0.2, 0.25) is 11.2 Å². The number of Topliss-reactive ketones (excluding diaryl/α,β-unsaturated/α-hetero) is 1. The molecule has 0 unspecified atom stereocenters. The van der Waals surface area contributed by atoms with Crippen molar-refractivity contribution in [3.63, 3.8) is 0 Å². The Bertz CT molecular complexity index is 1010. The number of esters is 1. The van der Waals surface area contributed by atoms with Gasteiger partial charge in [-0.3, -0.25) is 14.4 Å². The summed E-state index contributed by atoms with van der Waals surface area (Å²) in [6.07, 6.45) is 1.21. The van der Waals surface area contributed by atoms with Crippen LogP contribution in [0.25, 0.3) is 0 Å². The second kappa shape index (κ2) is 10.0. The SMILES string of the molecule is O=C(CCC(=O)c1ccccc1)OCc1cc(=O)c(OCc2ccccc2)co1. The molecule has 0 amide bonds. The summed E-state index contributed by atoms with van der Waals surface area (Å²) in [6, 6.07) is 19.4. The van der Waals surface area contributed by atoms with Crippen molar-refractivity contribution >= 4 is 11.8 Å². The maximum absolute atomic E-state index is 12.1. The van der Waals surface area contributed by atoms with Crippen molar-refractivity contribution in [1.82, 2.24) is 0 Å². The highest BCUT2D eigenvalue weighted by atomic mass is 16.5. The van der Waals surface area contributed by atoms with Crippen LogP contribution in [0, 0.1) is 0 Å². The smallest absolute Gasteiger partial charge is 0.306 e. The molecule has 0 saturated carbocycles. The first-order valence-electron chi connectivity index (χ1n) is 9.14. The molecule has 3 aromatic rings. The Morgan fingerprint density at radius 2 is 1.55 bits per heavy atom. The number of benzene rings is 2. The van der Waals surface area contributed by atoms with Crippen LogP contribution in [0.1, 0.15) is 34.5 Å². The van der Waals surface area contributed by atoms with E-state index in [2.05, 4.69) is 0 Å². The first kappa shape index (κ1) is 20.1. The van der Waals surface area contributed by atoms with Crippen molar-refractivity contribution in [2.24, 2.45) is 0 Å². The fraction of sp³-hybridized carbons (Fsp3) is 0.174. The van der Waals surface area contributed by atoms with Crippen molar-refractivity contribution in [3.8, 4) is 5.75 Å². The fourth-order valence-electron chi connectivity index (χ4n) is 2.56. The summed E-state index contributed by atoms with van der Waals surface area (Å²) in [4.78, 5) is 35.9. The third-order valence-corrected chi connectivity index (χ3v) is 4.12. The predicted molar refractivity (Wildman–Crippen MR) is 106 cm³/mol. The monoisotopic (exact) mass is 392 g/mol. The molecule has 0 bridgehead atoms. The van der Waals surface area contributed by atoms with E-state index in [0.717, 1.165) is 5.56 Å². The standard InChI is InChI=1S/C23H20O6/c24-20(18-9-5-2-6-10-18)11-12-23(26)29-15-19-13-21(25)22(16-27-19)28-14-17-7-3-1-4-8-17/h1-10,13,16H,11-12,14-15H2. The Hall–Kier alpha value is -3.67. The molecule has 0 spiro atoms. The van der Waals surface area contributed by atoms with E-state index in [4.69, 9.17) is 13.9 Å². The maximum atomic E-state index is 12.1. The molecule has 148 valence electrons. The average Bonchev–Trinajstić information content (AvgIpc) is 2.76. The van der Waals surface area contributed by atoms with Gasteiger partial charge in [-0.2, -0.15) is 0 Å². The average molecular weight is 392 g/mol. The Morgan fingerprint density at radius 3 is 2.24 bits per heavy atom. The number of carbonyl (C=O) groups is 2. The van der Waals surface area contributed by atoms with Gasteiger partial charge in [0.25, 0.3) is 0 Å². The molecule has 0 atom stereocenters. The third kappa shape index (κ3) is 6.17. The van der Waals surface area contributed by atoms with Crippen LogP contribution < -0.4 is 10.2 Å². The molecule has 0 aliphatic rings. The van der Waals surface area contributed by atoms with Crippen molar-refractivity contribution in [3.05, 3.63) is 100 Å². The number of rotatable bonds is 9. The fourth-order valence-corrected chi connectivity index (χ4v) is 2.56. The largest absolute Gasteiger partial charge is 0.482 e. The van der Waals surface area contributed by atoms with Crippen LogP contribution >= 0.6 is 0 Å². The van der Waals surface area contributed by atoms with E-state index >= 15 is 0 Å². The van der Waals surface area contributed by atoms with E-state index < -0.39 is 5.97 Å². The number of carbonyl (C=O) groups excluding carboxylic acids is 2. The Balaban J connectivity index is 1.45. The Labute approximate surface area is 167 Å². The maximum Gasteiger partial charge on any atom is 0.306 e. The van der Waals surface area contributed by atoms with Crippen molar-refractivity contribution in [1.29, 1.82) is 0 Å². The molecule has 0 radical (unpaired) electrons. The first-order chi connectivity index (χ1) is 14.1. The highest BCUT2D eigenvalue weighted by Crippen LogP contribution is 2.11. The molecule has 29 heavy (non-hydrogen) atoms. The lowest BCUT2D eigenvalue weighted by Crippen LogP contribution is -2.11. The summed E-state index contributed by atoms with van der Waals surface area (Å²) < 4.78 is 15.8. The number of ketones is 1. The van der Waals surface area contributed by atoms with Crippen molar-refractivity contribution < 1.29 is 23.5 Å². The summed E-state index contributed by atoms with van der Waals surface area (Å²) >= 11 is 0. The minimum atomic E-state index is -0.540. The zero-order valence-electron chi connectivity index (χ0n) is 15.7. The minimum absolute atomic E-state index is 0.0454. The molecule has 6 heteroatoms. The van der Waals surface area contributed by atoms with E-state index in [1.54, 1.807) is 24.3 Å². The van der Waals surface area contributed by atoms with Crippen LogP contribution in [-0.2, 0) is 22.7 Å². The molecule has 3 rings (SSSR count). The number of ether oxygens (including phenoxy) is 2. The molecular weight excluding hydrogens is 372 g/mol. The van der Waals surface area contributed by atoms with Gasteiger partial charge in [-0.25, -0.2) is 0 Å². The Morgan fingerprint density at radius 1 is 0.862 bits per heavy atom. The van der Waals surface area contributed by atoms with Crippen LogP contribution in [0.4, 0.5) is 0 Å². The predicted octanol–water partition coefficient (Wildman–Crippen LogP) is 3.93. The lowest BCUT2D eigenvalue weighted by molar-refractivity contribution is -0.145. The second-order valence-corrected chi connectivity index (χ2v) is 6.30. The normalized spacial score (nSPS) is 10.3. The van der Waals surface area contributed by atoms with E-state index in [-0.39, 0.29) is 48.8 Å². The molecule has 0 saturated heterocycles. The summed E-state index contributed by atoms with van der Waals surface area (Å²) in [5.74, 6) is -0.391. The lowest BCUT2D eigenvalue weighted by Gasteiger charge is -2.07. The van der Waals surface area contributed by atoms with Gasteiger partial charge in [0, 0.05) is 18.1 Å². The van der Waals surface area contributed by atoms with E-state index in [1.807, 2.05) is 36.4 Å². The summed E-state index contributed by atoms with van der Waals surface area (Å²) in [5, 5.41) is 0. The van der Waals surface area contributed by atoms with Gasteiger partial charge in [-0.1, -0.05) is 60.7 Å². The quantitative estimate of drug-likeness (QED) is 0.405. The molecule has 2 aromatic carbocycles. The molecule has 0 aliphatic carbocycles. The minimum Gasteiger partial charge on any atom is -0.482 e. The van der Waals surface area contributed by atoms with Crippen LogP contribution in [0.2, 0.25) is 0 Å². The summed E-state index contributed by atoms with van der Waals surface area (Å²) in [5.41, 5.74) is 1.12. The number of hydrogen-bond donors (Lipinski definition) is 0. The van der Waals surface area contributed by atoms with Crippen LogP contribution in [-0.4, -0.2) is 11.8 Å². The van der Waals surface area contributed by atoms with Crippen LogP contribution in [0.15, 0.2) is 82.2 Å². The molecule has 0 aliphatic heterocycles. The highest BCUT2D eigenvalue weighted by Gasteiger charge is 2.11. The highest BCUT2D eigenvalue weighted by molar-refractivity contribution is 5.97. The molecule has 1 heterocycles. The second-order valence-electron chi connectivity index (χ2n) is 6.30. The van der Waals surface area contributed by atoms with Crippen molar-refractivity contribution in [2.45, 2.75) is 26.1 Å². The van der Waals surface area contributed by atoms with E-state index in [0.29, 0.717) is 5.56 Å². The Kier molecular flexibility index (Phi) is 6.95. The first-order valence-corrected chi connectivity index (χ1v) is 9.14. The number of hydrogen-bond acceptors (Lipinski definition) is 6. The lowest BCUT2D eigenvalue weighted by atomic mass is 10.1. The zero-order valence-corrected chi connectivity index (χ0v) is 15.7. The van der Waals surface area contributed by atoms with Gasteiger partial charge in [-0.05, 0) is 5.56 Å². The zero-order chi connectivity index (χ0) is 20.5. The topological polar surface area (TPSA) is 82.8 Å². The van der Waals surface area contributed by atoms with Crippen LogP contribution in [0.3, 0.4) is 0 Å². The molecule has 0 fully saturated rings. The summed E-state index contributed by atoms with van der Waals surface area (Å²) in [7, 11) is 0. The molecular formula is C23H20O6. The summed E-state index contributed by atoms with van der Waals surface area (Å²) in [6.45, 7) is 0.0575. The third-order valence-electron chi connectivity index (χ3n) is 4.12. The van der Waals surface area contributed by atoms with Crippen molar-refractivity contribution in [2.75, 3.05) is 0 Å². The van der Waals surface area contributed by atoms with Crippen LogP contribution in [0.5, 0.6) is 5.75 Å². The molecule has 6 nitrogen and oxygen atoms in total. The van der Waals surface area contributed by atoms with Gasteiger partial charge in [0.1, 0.15) is 25.2 Å². The van der Waals surface area contributed by atoms with Gasteiger partial charge in [-0.15, -0.1) is 0 Å². The van der Waals surface area contributed by atoms with Gasteiger partial charge in [0.05, 0.1) is 6.42 Å². The molecule has 1 aromatic heterocycles. The van der Waals surface area contributed by atoms with Gasteiger partial charge < -0.3 is 13.9 Å². The molecule has 0 N–H and O–H groups in total. The van der Waals surface area contributed by atoms with E-state index in [1.165, 1.54) is 12.3 Å².